The van der Waals surface area contributed by atoms with Crippen LogP contribution in [0.15, 0.2) is 22.9 Å². The fourth-order valence-electron chi connectivity index (χ4n) is 1.30. The number of aromatic nitrogens is 2. The normalized spacial score (nSPS) is 10.5. The lowest BCUT2D eigenvalue weighted by Crippen LogP contribution is -2.04. The summed E-state index contributed by atoms with van der Waals surface area (Å²) in [6.45, 7) is 2.14. The van der Waals surface area contributed by atoms with Crippen LogP contribution in [-0.4, -0.2) is 22.5 Å². The number of hydrogen-bond acceptors (Lipinski definition) is 3. The van der Waals surface area contributed by atoms with Crippen LogP contribution in [0.5, 0.6) is 0 Å². The lowest BCUT2D eigenvalue weighted by atomic mass is 10.2. The van der Waals surface area contributed by atoms with Crippen molar-refractivity contribution in [1.82, 2.24) is 9.97 Å². The number of carbonyl (C=O) groups excluding carboxylic acids is 1. The van der Waals surface area contributed by atoms with Gasteiger partial charge in [0.05, 0.1) is 12.2 Å². The molecule has 1 N–H and O–H groups in total. The number of nitrogens with one attached hydrogen (secondary N) is 1. The van der Waals surface area contributed by atoms with E-state index in [1.807, 2.05) is 0 Å². The average Bonchev–Trinajstić information content (AvgIpc) is 2.60. The SMILES string of the molecule is CCOC(=O)c1cnc2[nH]cc(Br)c2c1. The van der Waals surface area contributed by atoms with Crippen LogP contribution in [0.25, 0.3) is 11.0 Å². The van der Waals surface area contributed by atoms with E-state index >= 15 is 0 Å². The van der Waals surface area contributed by atoms with Gasteiger partial charge in [-0.1, -0.05) is 0 Å². The van der Waals surface area contributed by atoms with Gasteiger partial charge in [0.15, 0.2) is 0 Å². The number of fused-ring (bicyclic) bond motifs is 1. The molecule has 0 aliphatic heterocycles. The molecule has 2 rings (SSSR count). The summed E-state index contributed by atoms with van der Waals surface area (Å²) in [6.07, 6.45) is 3.29. The van der Waals surface area contributed by atoms with Crippen molar-refractivity contribution in [3.63, 3.8) is 0 Å². The molecular formula is C10H9BrN2O2. The quantitative estimate of drug-likeness (QED) is 0.852. The van der Waals surface area contributed by atoms with Gasteiger partial charge >= 0.3 is 5.97 Å². The summed E-state index contributed by atoms with van der Waals surface area (Å²) in [4.78, 5) is 18.5. The zero-order valence-corrected chi connectivity index (χ0v) is 9.67. The van der Waals surface area contributed by atoms with E-state index in [4.69, 9.17) is 4.74 Å². The topological polar surface area (TPSA) is 55.0 Å². The fraction of sp³-hybridized carbons (Fsp3) is 0.200. The standard InChI is InChI=1S/C10H9BrN2O2/c1-2-15-10(14)6-3-7-8(11)5-13-9(7)12-4-6/h3-5H,2H2,1H3,(H,12,13). The number of ether oxygens (including phenoxy) is 1. The van der Waals surface area contributed by atoms with Gasteiger partial charge in [-0.05, 0) is 28.9 Å². The number of aromatic amines is 1. The molecule has 15 heavy (non-hydrogen) atoms. The summed E-state index contributed by atoms with van der Waals surface area (Å²) in [6, 6.07) is 1.75. The van der Waals surface area contributed by atoms with Gasteiger partial charge in [0.1, 0.15) is 5.65 Å². The second-order valence-corrected chi connectivity index (χ2v) is 3.83. The van der Waals surface area contributed by atoms with Crippen LogP contribution in [0, 0.1) is 0 Å². The van der Waals surface area contributed by atoms with Gasteiger partial charge in [0.25, 0.3) is 0 Å². The Morgan fingerprint density at radius 2 is 2.47 bits per heavy atom. The van der Waals surface area contributed by atoms with Crippen LogP contribution >= 0.6 is 15.9 Å². The Bertz CT molecular complexity index is 507. The Balaban J connectivity index is 2.45. The van der Waals surface area contributed by atoms with Gasteiger partial charge in [0, 0.05) is 22.3 Å². The van der Waals surface area contributed by atoms with E-state index in [9.17, 15) is 4.79 Å². The summed E-state index contributed by atoms with van der Waals surface area (Å²) >= 11 is 3.37. The Kier molecular flexibility index (Phi) is 2.73. The minimum Gasteiger partial charge on any atom is -0.462 e. The maximum Gasteiger partial charge on any atom is 0.339 e. The van der Waals surface area contributed by atoms with Crippen molar-refractivity contribution in [3.05, 3.63) is 28.5 Å². The van der Waals surface area contributed by atoms with Crippen LogP contribution in [0.2, 0.25) is 0 Å². The molecule has 2 heterocycles. The smallest absolute Gasteiger partial charge is 0.339 e. The maximum absolute atomic E-state index is 11.4. The molecule has 0 bridgehead atoms. The highest BCUT2D eigenvalue weighted by Gasteiger charge is 2.09. The molecule has 2 aromatic rings. The number of H-pyrrole nitrogens is 1. The van der Waals surface area contributed by atoms with Crippen molar-refractivity contribution < 1.29 is 9.53 Å². The van der Waals surface area contributed by atoms with Gasteiger partial charge in [-0.25, -0.2) is 9.78 Å². The molecule has 0 spiro atoms. The second kappa shape index (κ2) is 4.02. The first kappa shape index (κ1) is 10.2. The second-order valence-electron chi connectivity index (χ2n) is 2.98. The number of pyridine rings is 1. The zero-order valence-electron chi connectivity index (χ0n) is 8.08. The number of hydrogen-bond donors (Lipinski definition) is 1. The third-order valence-electron chi connectivity index (χ3n) is 1.99. The van der Waals surface area contributed by atoms with E-state index in [0.717, 1.165) is 15.5 Å². The molecule has 0 aliphatic carbocycles. The van der Waals surface area contributed by atoms with Gasteiger partial charge in [0.2, 0.25) is 0 Å². The van der Waals surface area contributed by atoms with Crippen molar-refractivity contribution in [2.45, 2.75) is 6.92 Å². The van der Waals surface area contributed by atoms with Crippen molar-refractivity contribution in [2.75, 3.05) is 6.61 Å². The monoisotopic (exact) mass is 268 g/mol. The molecule has 0 radical (unpaired) electrons. The Morgan fingerprint density at radius 1 is 1.67 bits per heavy atom. The predicted molar refractivity (Wildman–Crippen MR) is 59.8 cm³/mol. The minimum atomic E-state index is -0.347. The van der Waals surface area contributed by atoms with E-state index in [0.29, 0.717) is 12.2 Å². The third-order valence-corrected chi connectivity index (χ3v) is 2.65. The molecule has 4 nitrogen and oxygen atoms in total. The molecule has 2 aromatic heterocycles. The number of carbonyl (C=O) groups is 1. The first-order chi connectivity index (χ1) is 7.22. The molecule has 0 unspecified atom stereocenters. The van der Waals surface area contributed by atoms with Gasteiger partial charge < -0.3 is 9.72 Å². The average molecular weight is 269 g/mol. The first-order valence-corrected chi connectivity index (χ1v) is 5.31. The fourth-order valence-corrected chi connectivity index (χ4v) is 1.71. The molecular weight excluding hydrogens is 260 g/mol. The third kappa shape index (κ3) is 1.87. The van der Waals surface area contributed by atoms with Gasteiger partial charge in [-0.2, -0.15) is 0 Å². The van der Waals surface area contributed by atoms with Crippen LogP contribution in [0.3, 0.4) is 0 Å². The first-order valence-electron chi connectivity index (χ1n) is 4.52. The molecule has 5 heteroatoms. The van der Waals surface area contributed by atoms with Crippen molar-refractivity contribution in [3.8, 4) is 0 Å². The number of nitrogens with zero attached hydrogens (tertiary/aromatic N) is 1. The Hall–Kier alpha value is -1.36. The number of esters is 1. The summed E-state index contributed by atoms with van der Waals surface area (Å²) in [5.41, 5.74) is 1.21. The highest BCUT2D eigenvalue weighted by molar-refractivity contribution is 9.10. The minimum absolute atomic E-state index is 0.347. The highest BCUT2D eigenvalue weighted by Crippen LogP contribution is 2.22. The van der Waals surface area contributed by atoms with Crippen molar-refractivity contribution in [2.24, 2.45) is 0 Å². The largest absolute Gasteiger partial charge is 0.462 e. The van der Waals surface area contributed by atoms with Crippen molar-refractivity contribution in [1.29, 1.82) is 0 Å². The molecule has 0 aliphatic rings. The maximum atomic E-state index is 11.4. The summed E-state index contributed by atoms with van der Waals surface area (Å²) in [5.74, 6) is -0.347. The molecule has 0 atom stereocenters. The summed E-state index contributed by atoms with van der Waals surface area (Å²) in [5, 5.41) is 0.876. The van der Waals surface area contributed by atoms with Crippen LogP contribution in [0.4, 0.5) is 0 Å². The predicted octanol–water partition coefficient (Wildman–Crippen LogP) is 2.50. The van der Waals surface area contributed by atoms with Crippen LogP contribution in [-0.2, 0) is 4.74 Å². The molecule has 0 saturated carbocycles. The highest BCUT2D eigenvalue weighted by atomic mass is 79.9. The van der Waals surface area contributed by atoms with Gasteiger partial charge in [-0.3, -0.25) is 0 Å². The molecule has 0 amide bonds. The summed E-state index contributed by atoms with van der Waals surface area (Å²) < 4.78 is 5.77. The zero-order chi connectivity index (χ0) is 10.8. The van der Waals surface area contributed by atoms with E-state index < -0.39 is 0 Å². The van der Waals surface area contributed by atoms with E-state index in [1.165, 1.54) is 6.20 Å². The Morgan fingerprint density at radius 3 is 3.20 bits per heavy atom. The molecule has 78 valence electrons. The van der Waals surface area contributed by atoms with E-state index in [-0.39, 0.29) is 5.97 Å². The Labute approximate surface area is 94.8 Å². The van der Waals surface area contributed by atoms with Gasteiger partial charge in [-0.15, -0.1) is 0 Å². The lowest BCUT2D eigenvalue weighted by molar-refractivity contribution is 0.0526. The van der Waals surface area contributed by atoms with Crippen molar-refractivity contribution >= 4 is 32.9 Å². The molecule has 0 aromatic carbocycles. The van der Waals surface area contributed by atoms with Crippen LogP contribution < -0.4 is 0 Å². The summed E-state index contributed by atoms with van der Waals surface area (Å²) in [7, 11) is 0. The lowest BCUT2D eigenvalue weighted by Gasteiger charge is -2.00. The number of rotatable bonds is 2. The molecule has 0 fully saturated rings. The number of halogens is 1. The van der Waals surface area contributed by atoms with E-state index in [2.05, 4.69) is 25.9 Å². The van der Waals surface area contributed by atoms with E-state index in [1.54, 1.807) is 19.2 Å². The molecule has 0 saturated heterocycles. The van der Waals surface area contributed by atoms with Crippen LogP contribution in [0.1, 0.15) is 17.3 Å².